The largest absolute Gasteiger partial charge is 0.368 e. The van der Waals surface area contributed by atoms with Crippen LogP contribution in [0.1, 0.15) is 5.69 Å². The molecule has 4 rings (SSSR count). The van der Waals surface area contributed by atoms with Gasteiger partial charge in [0.2, 0.25) is 5.91 Å². The molecule has 1 amide bonds. The van der Waals surface area contributed by atoms with Crippen LogP contribution in [0.5, 0.6) is 0 Å². The standard InChI is InChI=1S/C20H16ClFN6O/c1-11-6-13(8-17(26-11)14-7-12(21)2-3-15(14)22)27-16-4-5-24-18-9-25-28(20(16)18)10-19(23)29/h2-9H,10H2,1H3,(H2,23,29)(H,24,26,27). The fourth-order valence-corrected chi connectivity index (χ4v) is 3.29. The average Bonchev–Trinajstić information content (AvgIpc) is 3.06. The van der Waals surface area contributed by atoms with Crippen LogP contribution in [-0.2, 0) is 11.3 Å². The monoisotopic (exact) mass is 410 g/mol. The van der Waals surface area contributed by atoms with E-state index in [9.17, 15) is 9.18 Å². The molecule has 3 heterocycles. The number of hydrogen-bond donors (Lipinski definition) is 2. The number of aryl methyl sites for hydroxylation is 1. The van der Waals surface area contributed by atoms with Crippen molar-refractivity contribution in [3.8, 4) is 11.3 Å². The number of nitrogens with one attached hydrogen (secondary N) is 1. The van der Waals surface area contributed by atoms with E-state index in [1.54, 1.807) is 24.5 Å². The predicted molar refractivity (Wildman–Crippen MR) is 109 cm³/mol. The Labute approximate surface area is 170 Å². The maximum atomic E-state index is 14.3. The second-order valence-corrected chi connectivity index (χ2v) is 6.93. The summed E-state index contributed by atoms with van der Waals surface area (Å²) >= 11 is 6.02. The van der Waals surface area contributed by atoms with Crippen LogP contribution in [0, 0.1) is 12.7 Å². The van der Waals surface area contributed by atoms with Gasteiger partial charge < -0.3 is 11.1 Å². The fraction of sp³-hybridized carbons (Fsp3) is 0.100. The minimum atomic E-state index is -0.511. The van der Waals surface area contributed by atoms with E-state index >= 15 is 0 Å². The summed E-state index contributed by atoms with van der Waals surface area (Å²) in [6.45, 7) is 1.74. The Morgan fingerprint density at radius 1 is 1.28 bits per heavy atom. The van der Waals surface area contributed by atoms with E-state index in [2.05, 4.69) is 20.4 Å². The lowest BCUT2D eigenvalue weighted by atomic mass is 10.1. The molecule has 0 aliphatic rings. The number of amides is 1. The van der Waals surface area contributed by atoms with Gasteiger partial charge in [0.25, 0.3) is 0 Å². The highest BCUT2D eigenvalue weighted by molar-refractivity contribution is 6.30. The Balaban J connectivity index is 1.78. The van der Waals surface area contributed by atoms with E-state index < -0.39 is 11.7 Å². The van der Waals surface area contributed by atoms with E-state index in [0.717, 1.165) is 0 Å². The molecule has 0 saturated heterocycles. The van der Waals surface area contributed by atoms with Gasteiger partial charge in [-0.05, 0) is 43.3 Å². The van der Waals surface area contributed by atoms with Crippen molar-refractivity contribution >= 4 is 39.9 Å². The van der Waals surface area contributed by atoms with Crippen molar-refractivity contribution in [2.75, 3.05) is 5.32 Å². The van der Waals surface area contributed by atoms with Crippen molar-refractivity contribution in [1.82, 2.24) is 19.7 Å². The van der Waals surface area contributed by atoms with Crippen LogP contribution in [0.25, 0.3) is 22.3 Å². The highest BCUT2D eigenvalue weighted by atomic mass is 35.5. The van der Waals surface area contributed by atoms with Crippen LogP contribution in [0.3, 0.4) is 0 Å². The molecule has 0 bridgehead atoms. The first-order valence-electron chi connectivity index (χ1n) is 8.70. The molecule has 3 N–H and O–H groups in total. The number of benzene rings is 1. The number of carbonyl (C=O) groups is 1. The zero-order valence-electron chi connectivity index (χ0n) is 15.4. The number of carbonyl (C=O) groups excluding carboxylic acids is 1. The quantitative estimate of drug-likeness (QED) is 0.521. The van der Waals surface area contributed by atoms with Crippen LogP contribution < -0.4 is 11.1 Å². The Bertz CT molecular complexity index is 1240. The molecule has 0 aliphatic carbocycles. The summed E-state index contributed by atoms with van der Waals surface area (Å²) in [6, 6.07) is 9.65. The number of primary amides is 1. The van der Waals surface area contributed by atoms with E-state index in [4.69, 9.17) is 17.3 Å². The smallest absolute Gasteiger partial charge is 0.239 e. The van der Waals surface area contributed by atoms with Gasteiger partial charge >= 0.3 is 0 Å². The minimum Gasteiger partial charge on any atom is -0.368 e. The molecule has 9 heteroatoms. The van der Waals surface area contributed by atoms with Gasteiger partial charge in [-0.2, -0.15) is 5.10 Å². The third kappa shape index (κ3) is 3.88. The molecule has 0 fully saturated rings. The van der Waals surface area contributed by atoms with Crippen molar-refractivity contribution in [3.63, 3.8) is 0 Å². The maximum absolute atomic E-state index is 14.3. The molecule has 1 aromatic carbocycles. The van der Waals surface area contributed by atoms with Gasteiger partial charge in [0.1, 0.15) is 23.4 Å². The number of anilines is 2. The van der Waals surface area contributed by atoms with Crippen LogP contribution >= 0.6 is 11.6 Å². The number of fused-ring (bicyclic) bond motifs is 1. The van der Waals surface area contributed by atoms with Crippen molar-refractivity contribution in [2.45, 2.75) is 13.5 Å². The van der Waals surface area contributed by atoms with Gasteiger partial charge in [0.15, 0.2) is 0 Å². The summed E-state index contributed by atoms with van der Waals surface area (Å²) in [5.74, 6) is -0.924. The van der Waals surface area contributed by atoms with Gasteiger partial charge in [0, 0.05) is 28.2 Å². The third-order valence-electron chi connectivity index (χ3n) is 4.27. The fourth-order valence-electron chi connectivity index (χ4n) is 3.11. The summed E-state index contributed by atoms with van der Waals surface area (Å²) in [5, 5.41) is 7.88. The Kier molecular flexibility index (Phi) is 4.85. The number of nitrogens with two attached hydrogens (primary N) is 1. The molecule has 0 unspecified atom stereocenters. The van der Waals surface area contributed by atoms with Crippen molar-refractivity contribution in [3.05, 3.63) is 65.3 Å². The van der Waals surface area contributed by atoms with Crippen LogP contribution in [0.15, 0.2) is 48.8 Å². The molecule has 146 valence electrons. The van der Waals surface area contributed by atoms with Crippen molar-refractivity contribution in [2.24, 2.45) is 5.73 Å². The molecule has 0 aliphatic heterocycles. The topological polar surface area (TPSA) is 98.7 Å². The number of halogens is 2. The van der Waals surface area contributed by atoms with Gasteiger partial charge in [-0.25, -0.2) is 4.39 Å². The number of pyridine rings is 2. The zero-order chi connectivity index (χ0) is 20.5. The Morgan fingerprint density at radius 3 is 2.90 bits per heavy atom. The minimum absolute atomic E-state index is 0.0712. The average molecular weight is 411 g/mol. The lowest BCUT2D eigenvalue weighted by Gasteiger charge is -2.12. The first-order valence-corrected chi connectivity index (χ1v) is 9.08. The number of nitrogens with zero attached hydrogens (tertiary/aromatic N) is 4. The van der Waals surface area contributed by atoms with Crippen LogP contribution in [0.4, 0.5) is 15.8 Å². The van der Waals surface area contributed by atoms with Gasteiger partial charge in [-0.1, -0.05) is 11.6 Å². The summed E-state index contributed by atoms with van der Waals surface area (Å²) < 4.78 is 15.8. The van der Waals surface area contributed by atoms with Crippen LogP contribution in [-0.4, -0.2) is 25.7 Å². The summed E-state index contributed by atoms with van der Waals surface area (Å²) in [5.41, 5.74) is 9.38. The zero-order valence-corrected chi connectivity index (χ0v) is 16.1. The molecule has 29 heavy (non-hydrogen) atoms. The van der Waals surface area contributed by atoms with E-state index in [1.807, 2.05) is 13.0 Å². The van der Waals surface area contributed by atoms with Crippen molar-refractivity contribution < 1.29 is 9.18 Å². The first kappa shape index (κ1) is 18.8. The molecular weight excluding hydrogens is 395 g/mol. The second kappa shape index (κ2) is 7.48. The highest BCUT2D eigenvalue weighted by Crippen LogP contribution is 2.30. The van der Waals surface area contributed by atoms with Gasteiger partial charge in [-0.15, -0.1) is 0 Å². The van der Waals surface area contributed by atoms with Crippen LogP contribution in [0.2, 0.25) is 5.02 Å². The molecule has 0 saturated carbocycles. The number of rotatable bonds is 5. The summed E-state index contributed by atoms with van der Waals surface area (Å²) in [6.07, 6.45) is 3.20. The number of hydrogen-bond acceptors (Lipinski definition) is 5. The maximum Gasteiger partial charge on any atom is 0.239 e. The summed E-state index contributed by atoms with van der Waals surface area (Å²) in [7, 11) is 0. The Morgan fingerprint density at radius 2 is 2.10 bits per heavy atom. The lowest BCUT2D eigenvalue weighted by Crippen LogP contribution is -2.19. The molecule has 7 nitrogen and oxygen atoms in total. The predicted octanol–water partition coefficient (Wildman–Crippen LogP) is 3.82. The second-order valence-electron chi connectivity index (χ2n) is 6.49. The van der Waals surface area contributed by atoms with Gasteiger partial charge in [0.05, 0.1) is 17.6 Å². The highest BCUT2D eigenvalue weighted by Gasteiger charge is 2.13. The van der Waals surface area contributed by atoms with Gasteiger partial charge in [-0.3, -0.25) is 19.4 Å². The van der Waals surface area contributed by atoms with Crippen molar-refractivity contribution in [1.29, 1.82) is 0 Å². The van der Waals surface area contributed by atoms with E-state index in [-0.39, 0.29) is 6.54 Å². The van der Waals surface area contributed by atoms with E-state index in [0.29, 0.717) is 44.4 Å². The number of aromatic nitrogens is 4. The lowest BCUT2D eigenvalue weighted by molar-refractivity contribution is -0.118. The van der Waals surface area contributed by atoms with E-state index in [1.165, 1.54) is 22.9 Å². The normalized spacial score (nSPS) is 11.0. The molecule has 0 radical (unpaired) electrons. The SMILES string of the molecule is Cc1cc(Nc2ccnc3cnn(CC(N)=O)c23)cc(-c2cc(Cl)ccc2F)n1. The first-order chi connectivity index (χ1) is 13.9. The molecule has 4 aromatic rings. The molecule has 0 spiro atoms. The molecule has 3 aromatic heterocycles. The third-order valence-corrected chi connectivity index (χ3v) is 4.51. The summed E-state index contributed by atoms with van der Waals surface area (Å²) in [4.78, 5) is 20.0. The molecular formula is C20H16ClFN6O. The Hall–Kier alpha value is -3.52. The molecule has 0 atom stereocenters.